The number of hydrogen-bond donors (Lipinski definition) is 0. The Hall–Kier alpha value is -2.13. The molecule has 0 fully saturated rings. The SMILES string of the molecule is COC(=O)C[C@H](N=C=O)c1cccc(OC)c1. The summed E-state index contributed by atoms with van der Waals surface area (Å²) < 4.78 is 9.60. The van der Waals surface area contributed by atoms with Crippen molar-refractivity contribution in [3.05, 3.63) is 29.8 Å². The average molecular weight is 235 g/mol. The van der Waals surface area contributed by atoms with Crippen molar-refractivity contribution in [3.8, 4) is 5.75 Å². The molecule has 0 saturated heterocycles. The van der Waals surface area contributed by atoms with Crippen molar-refractivity contribution >= 4 is 12.0 Å². The fraction of sp³-hybridized carbons (Fsp3) is 0.333. The van der Waals surface area contributed by atoms with Gasteiger partial charge in [-0.2, -0.15) is 4.99 Å². The molecule has 1 aromatic carbocycles. The summed E-state index contributed by atoms with van der Waals surface area (Å²) in [5.74, 6) is 0.204. The Morgan fingerprint density at radius 1 is 1.47 bits per heavy atom. The van der Waals surface area contributed by atoms with Gasteiger partial charge >= 0.3 is 5.97 Å². The van der Waals surface area contributed by atoms with Gasteiger partial charge in [0.15, 0.2) is 0 Å². The maximum atomic E-state index is 11.2. The number of rotatable bonds is 5. The Balaban J connectivity index is 2.96. The Morgan fingerprint density at radius 3 is 2.82 bits per heavy atom. The molecule has 0 saturated carbocycles. The maximum absolute atomic E-state index is 11.2. The Morgan fingerprint density at radius 2 is 2.24 bits per heavy atom. The van der Waals surface area contributed by atoms with Crippen LogP contribution >= 0.6 is 0 Å². The number of methoxy groups -OCH3 is 2. The number of carbonyl (C=O) groups is 1. The molecule has 0 aliphatic rings. The van der Waals surface area contributed by atoms with E-state index in [1.165, 1.54) is 20.3 Å². The number of carbonyl (C=O) groups excluding carboxylic acids is 2. The van der Waals surface area contributed by atoms with Gasteiger partial charge < -0.3 is 9.47 Å². The lowest BCUT2D eigenvalue weighted by atomic mass is 10.0. The molecule has 0 bridgehead atoms. The maximum Gasteiger partial charge on any atom is 0.308 e. The van der Waals surface area contributed by atoms with E-state index in [9.17, 15) is 9.59 Å². The molecule has 0 heterocycles. The largest absolute Gasteiger partial charge is 0.497 e. The molecule has 1 rings (SSSR count). The van der Waals surface area contributed by atoms with Gasteiger partial charge in [0.05, 0.1) is 26.7 Å². The first kappa shape index (κ1) is 12.9. The minimum atomic E-state index is -0.588. The number of esters is 1. The third-order valence-corrected chi connectivity index (χ3v) is 2.27. The molecule has 0 aliphatic heterocycles. The van der Waals surface area contributed by atoms with E-state index < -0.39 is 12.0 Å². The minimum Gasteiger partial charge on any atom is -0.497 e. The third-order valence-electron chi connectivity index (χ3n) is 2.27. The molecule has 17 heavy (non-hydrogen) atoms. The topological polar surface area (TPSA) is 65.0 Å². The van der Waals surface area contributed by atoms with Crippen LogP contribution in [-0.4, -0.2) is 26.3 Å². The van der Waals surface area contributed by atoms with E-state index in [1.54, 1.807) is 24.3 Å². The molecule has 0 aromatic heterocycles. The zero-order valence-electron chi connectivity index (χ0n) is 9.67. The number of isocyanates is 1. The van der Waals surface area contributed by atoms with Crippen molar-refractivity contribution in [1.82, 2.24) is 0 Å². The van der Waals surface area contributed by atoms with Crippen LogP contribution in [0.5, 0.6) is 5.75 Å². The molecule has 0 radical (unpaired) electrons. The second-order valence-corrected chi connectivity index (χ2v) is 3.29. The van der Waals surface area contributed by atoms with Gasteiger partial charge in [-0.15, -0.1) is 0 Å². The lowest BCUT2D eigenvalue weighted by molar-refractivity contribution is -0.141. The van der Waals surface area contributed by atoms with Gasteiger partial charge in [-0.1, -0.05) is 12.1 Å². The molecule has 1 atom stereocenters. The standard InChI is InChI=1S/C12H13NO4/c1-16-10-5-3-4-9(6-10)11(13-8-14)7-12(15)17-2/h3-6,11H,7H2,1-2H3/t11-/m0/s1. The number of ether oxygens (including phenoxy) is 2. The van der Waals surface area contributed by atoms with E-state index in [4.69, 9.17) is 4.74 Å². The average Bonchev–Trinajstić information content (AvgIpc) is 2.38. The fourth-order valence-electron chi connectivity index (χ4n) is 1.39. The normalized spacial score (nSPS) is 11.2. The second-order valence-electron chi connectivity index (χ2n) is 3.29. The molecule has 1 aromatic rings. The smallest absolute Gasteiger partial charge is 0.308 e. The van der Waals surface area contributed by atoms with E-state index in [1.807, 2.05) is 0 Å². The van der Waals surface area contributed by atoms with Gasteiger partial charge in [0, 0.05) is 0 Å². The van der Waals surface area contributed by atoms with E-state index in [0.29, 0.717) is 11.3 Å². The van der Waals surface area contributed by atoms with Crippen LogP contribution in [0.25, 0.3) is 0 Å². The van der Waals surface area contributed by atoms with Gasteiger partial charge in [-0.3, -0.25) is 4.79 Å². The molecule has 5 heteroatoms. The van der Waals surface area contributed by atoms with Crippen molar-refractivity contribution in [3.63, 3.8) is 0 Å². The predicted molar refractivity (Wildman–Crippen MR) is 60.5 cm³/mol. The van der Waals surface area contributed by atoms with Crippen LogP contribution in [0.1, 0.15) is 18.0 Å². The minimum absolute atomic E-state index is 0.00108. The van der Waals surface area contributed by atoms with Crippen LogP contribution in [0, 0.1) is 0 Å². The summed E-state index contributed by atoms with van der Waals surface area (Å²) in [6.07, 6.45) is 1.46. The summed E-state index contributed by atoms with van der Waals surface area (Å²) in [5.41, 5.74) is 0.707. The molecule has 5 nitrogen and oxygen atoms in total. The van der Waals surface area contributed by atoms with Gasteiger partial charge in [0.2, 0.25) is 6.08 Å². The Bertz CT molecular complexity index is 438. The van der Waals surface area contributed by atoms with Gasteiger partial charge in [-0.05, 0) is 17.7 Å². The third kappa shape index (κ3) is 3.74. The first-order valence-corrected chi connectivity index (χ1v) is 4.99. The van der Waals surface area contributed by atoms with Crippen LogP contribution in [0.4, 0.5) is 0 Å². The van der Waals surface area contributed by atoms with Gasteiger partial charge in [0.1, 0.15) is 5.75 Å². The van der Waals surface area contributed by atoms with Gasteiger partial charge in [-0.25, -0.2) is 4.79 Å². The predicted octanol–water partition coefficient (Wildman–Crippen LogP) is 1.64. The highest BCUT2D eigenvalue weighted by Crippen LogP contribution is 2.24. The molecule has 0 N–H and O–H groups in total. The van der Waals surface area contributed by atoms with Crippen molar-refractivity contribution in [2.24, 2.45) is 4.99 Å². The van der Waals surface area contributed by atoms with Crippen molar-refractivity contribution in [2.75, 3.05) is 14.2 Å². The highest BCUT2D eigenvalue weighted by Gasteiger charge is 2.16. The van der Waals surface area contributed by atoms with E-state index in [-0.39, 0.29) is 6.42 Å². The summed E-state index contributed by atoms with van der Waals surface area (Å²) in [5, 5.41) is 0. The number of benzene rings is 1. The molecular formula is C12H13NO4. The van der Waals surface area contributed by atoms with E-state index in [2.05, 4.69) is 9.73 Å². The van der Waals surface area contributed by atoms with Crippen LogP contribution < -0.4 is 4.74 Å². The highest BCUT2D eigenvalue weighted by molar-refractivity contribution is 5.70. The number of nitrogens with zero attached hydrogens (tertiary/aromatic N) is 1. The Labute approximate surface area is 99.1 Å². The van der Waals surface area contributed by atoms with Crippen molar-refractivity contribution < 1.29 is 19.1 Å². The van der Waals surface area contributed by atoms with Crippen molar-refractivity contribution in [1.29, 1.82) is 0 Å². The van der Waals surface area contributed by atoms with Crippen molar-refractivity contribution in [2.45, 2.75) is 12.5 Å². The lowest BCUT2D eigenvalue weighted by Crippen LogP contribution is -2.07. The van der Waals surface area contributed by atoms with Gasteiger partial charge in [0.25, 0.3) is 0 Å². The van der Waals surface area contributed by atoms with Crippen LogP contribution in [0.15, 0.2) is 29.3 Å². The molecule has 0 unspecified atom stereocenters. The quantitative estimate of drug-likeness (QED) is 0.442. The lowest BCUT2D eigenvalue weighted by Gasteiger charge is -2.10. The first-order valence-electron chi connectivity index (χ1n) is 4.99. The molecule has 0 spiro atoms. The second kappa shape index (κ2) is 6.45. The summed E-state index contributed by atoms with van der Waals surface area (Å²) in [6, 6.07) is 6.42. The first-order chi connectivity index (χ1) is 8.21. The molecule has 90 valence electrons. The van der Waals surface area contributed by atoms with E-state index in [0.717, 1.165) is 0 Å². The molecule has 0 amide bonds. The van der Waals surface area contributed by atoms with Crippen LogP contribution in [0.2, 0.25) is 0 Å². The zero-order valence-corrected chi connectivity index (χ0v) is 9.67. The highest BCUT2D eigenvalue weighted by atomic mass is 16.5. The fourth-order valence-corrected chi connectivity index (χ4v) is 1.39. The number of aliphatic imine (C=N–C) groups is 1. The summed E-state index contributed by atoms with van der Waals surface area (Å²) in [7, 11) is 2.83. The number of hydrogen-bond acceptors (Lipinski definition) is 5. The summed E-state index contributed by atoms with van der Waals surface area (Å²) in [6.45, 7) is 0. The zero-order chi connectivity index (χ0) is 12.7. The summed E-state index contributed by atoms with van der Waals surface area (Å²) in [4.78, 5) is 25.1. The monoisotopic (exact) mass is 235 g/mol. The van der Waals surface area contributed by atoms with Crippen LogP contribution in [0.3, 0.4) is 0 Å². The molecule has 0 aliphatic carbocycles. The van der Waals surface area contributed by atoms with Crippen LogP contribution in [-0.2, 0) is 14.3 Å². The van der Waals surface area contributed by atoms with E-state index >= 15 is 0 Å². The summed E-state index contributed by atoms with van der Waals surface area (Å²) >= 11 is 0. The Kier molecular flexibility index (Phi) is 4.91. The molecular weight excluding hydrogens is 222 g/mol.